The molecule has 2 N–H and O–H groups in total. The molecule has 0 spiro atoms. The molecule has 1 rings (SSSR count). The molecule has 100 valence electrons. The summed E-state index contributed by atoms with van der Waals surface area (Å²) in [6.07, 6.45) is 3.43. The van der Waals surface area contributed by atoms with Gasteiger partial charge in [0.25, 0.3) is 5.91 Å². The number of nitrogens with zero attached hydrogens (tertiary/aromatic N) is 1. The van der Waals surface area contributed by atoms with Gasteiger partial charge < -0.3 is 10.4 Å². The fourth-order valence-electron chi connectivity index (χ4n) is 1.83. The first-order valence-electron chi connectivity index (χ1n) is 5.87. The minimum atomic E-state index is -0.371. The summed E-state index contributed by atoms with van der Waals surface area (Å²) in [5.74, 6) is -0.150. The van der Waals surface area contributed by atoms with Gasteiger partial charge in [0.1, 0.15) is 0 Å². The van der Waals surface area contributed by atoms with Crippen molar-refractivity contribution in [3.05, 3.63) is 28.5 Å². The largest absolute Gasteiger partial charge is 0.393 e. The maximum Gasteiger partial charge on any atom is 0.252 e. The van der Waals surface area contributed by atoms with E-state index < -0.39 is 0 Å². The van der Waals surface area contributed by atoms with Crippen molar-refractivity contribution in [2.45, 2.75) is 33.3 Å². The highest BCUT2D eigenvalue weighted by atomic mass is 79.9. The van der Waals surface area contributed by atoms with Gasteiger partial charge in [-0.2, -0.15) is 0 Å². The number of carbonyl (C=O) groups excluding carboxylic acids is 1. The Morgan fingerprint density at radius 2 is 2.22 bits per heavy atom. The van der Waals surface area contributed by atoms with Crippen LogP contribution in [-0.2, 0) is 0 Å². The molecule has 1 heterocycles. The minimum absolute atomic E-state index is 0.136. The van der Waals surface area contributed by atoms with Gasteiger partial charge in [-0.25, -0.2) is 0 Å². The molecule has 0 aromatic carbocycles. The molecule has 1 amide bonds. The number of halogens is 1. The Kier molecular flexibility index (Phi) is 5.28. The van der Waals surface area contributed by atoms with Crippen molar-refractivity contribution < 1.29 is 9.90 Å². The van der Waals surface area contributed by atoms with Crippen LogP contribution in [0.1, 0.15) is 37.6 Å². The highest BCUT2D eigenvalue weighted by Gasteiger charge is 2.21. The third-order valence-corrected chi connectivity index (χ3v) is 2.98. The Bertz CT molecular complexity index is 419. The van der Waals surface area contributed by atoms with Gasteiger partial charge in [-0.3, -0.25) is 9.78 Å². The van der Waals surface area contributed by atoms with E-state index >= 15 is 0 Å². The van der Waals surface area contributed by atoms with Crippen molar-refractivity contribution in [1.82, 2.24) is 10.3 Å². The van der Waals surface area contributed by atoms with Crippen molar-refractivity contribution in [1.29, 1.82) is 0 Å². The molecular formula is C13H19BrN2O2. The average molecular weight is 315 g/mol. The van der Waals surface area contributed by atoms with Crippen molar-refractivity contribution in [2.75, 3.05) is 6.54 Å². The molecule has 5 heteroatoms. The van der Waals surface area contributed by atoms with Crippen LogP contribution < -0.4 is 5.32 Å². The number of nitrogens with one attached hydrogen (secondary N) is 1. The van der Waals surface area contributed by atoms with E-state index in [1.165, 1.54) is 6.20 Å². The minimum Gasteiger partial charge on any atom is -0.393 e. The molecule has 0 saturated carbocycles. The highest BCUT2D eigenvalue weighted by molar-refractivity contribution is 9.10. The lowest BCUT2D eigenvalue weighted by Gasteiger charge is -2.26. The molecule has 4 nitrogen and oxygen atoms in total. The molecule has 0 saturated heterocycles. The Labute approximate surface area is 116 Å². The first-order chi connectivity index (χ1) is 8.30. The number of amides is 1. The SMILES string of the molecule is CC(O)CC(C)(C)CNC(=O)c1cncc(Br)c1. The monoisotopic (exact) mass is 314 g/mol. The third kappa shape index (κ3) is 5.14. The lowest BCUT2D eigenvalue weighted by molar-refractivity contribution is 0.0901. The second kappa shape index (κ2) is 6.29. The van der Waals surface area contributed by atoms with Crippen LogP contribution in [0.3, 0.4) is 0 Å². The predicted octanol–water partition coefficient (Wildman–Crippen LogP) is 2.37. The molecule has 0 aliphatic heterocycles. The van der Waals surface area contributed by atoms with Gasteiger partial charge in [0.2, 0.25) is 0 Å². The van der Waals surface area contributed by atoms with Crippen LogP contribution in [0.5, 0.6) is 0 Å². The quantitative estimate of drug-likeness (QED) is 0.877. The van der Waals surface area contributed by atoms with Crippen LogP contribution >= 0.6 is 15.9 Å². The first kappa shape index (κ1) is 15.1. The zero-order chi connectivity index (χ0) is 13.8. The molecule has 0 fully saturated rings. The van der Waals surface area contributed by atoms with Crippen LogP contribution in [-0.4, -0.2) is 28.6 Å². The maximum atomic E-state index is 11.9. The molecule has 1 aromatic rings. The Morgan fingerprint density at radius 3 is 2.78 bits per heavy atom. The van der Waals surface area contributed by atoms with Gasteiger partial charge in [0, 0.05) is 23.4 Å². The average Bonchev–Trinajstić information content (AvgIpc) is 2.24. The summed E-state index contributed by atoms with van der Waals surface area (Å²) in [6, 6.07) is 1.73. The zero-order valence-electron chi connectivity index (χ0n) is 10.9. The van der Waals surface area contributed by atoms with Gasteiger partial charge in [-0.15, -0.1) is 0 Å². The summed E-state index contributed by atoms with van der Waals surface area (Å²) in [4.78, 5) is 15.8. The molecule has 1 atom stereocenters. The predicted molar refractivity (Wildman–Crippen MR) is 74.3 cm³/mol. The van der Waals surface area contributed by atoms with Gasteiger partial charge in [0.05, 0.1) is 11.7 Å². The summed E-state index contributed by atoms with van der Waals surface area (Å²) >= 11 is 3.28. The van der Waals surface area contributed by atoms with E-state index in [-0.39, 0.29) is 17.4 Å². The van der Waals surface area contributed by atoms with Gasteiger partial charge >= 0.3 is 0 Å². The Balaban J connectivity index is 2.56. The van der Waals surface area contributed by atoms with Crippen LogP contribution in [0, 0.1) is 5.41 Å². The van der Waals surface area contributed by atoms with Crippen molar-refractivity contribution in [3.8, 4) is 0 Å². The Hall–Kier alpha value is -0.940. The summed E-state index contributed by atoms with van der Waals surface area (Å²) in [5, 5.41) is 12.2. The summed E-state index contributed by atoms with van der Waals surface area (Å²) in [5.41, 5.74) is 0.390. The number of rotatable bonds is 5. The van der Waals surface area contributed by atoms with Crippen LogP contribution in [0.4, 0.5) is 0 Å². The van der Waals surface area contributed by atoms with Crippen LogP contribution in [0.15, 0.2) is 22.9 Å². The van der Waals surface area contributed by atoms with E-state index in [0.717, 1.165) is 4.47 Å². The van der Waals surface area contributed by atoms with Crippen molar-refractivity contribution >= 4 is 21.8 Å². The number of aliphatic hydroxyl groups is 1. The molecule has 1 unspecified atom stereocenters. The van der Waals surface area contributed by atoms with Crippen LogP contribution in [0.25, 0.3) is 0 Å². The second-order valence-corrected chi connectivity index (χ2v) is 6.21. The lowest BCUT2D eigenvalue weighted by atomic mass is 9.87. The fourth-order valence-corrected chi connectivity index (χ4v) is 2.19. The van der Waals surface area contributed by atoms with E-state index in [0.29, 0.717) is 18.5 Å². The molecule has 0 bridgehead atoms. The lowest BCUT2D eigenvalue weighted by Crippen LogP contribution is -2.35. The maximum absolute atomic E-state index is 11.9. The van der Waals surface area contributed by atoms with Crippen molar-refractivity contribution in [3.63, 3.8) is 0 Å². The molecular weight excluding hydrogens is 296 g/mol. The first-order valence-corrected chi connectivity index (χ1v) is 6.66. The number of aromatic nitrogens is 1. The topological polar surface area (TPSA) is 62.2 Å². The standard InChI is InChI=1S/C13H19BrN2O2/c1-9(17)5-13(2,3)8-16-12(18)10-4-11(14)7-15-6-10/h4,6-7,9,17H,5,8H2,1-3H3,(H,16,18). The number of hydrogen-bond acceptors (Lipinski definition) is 3. The smallest absolute Gasteiger partial charge is 0.252 e. The van der Waals surface area contributed by atoms with Gasteiger partial charge in [-0.1, -0.05) is 13.8 Å². The number of carbonyl (C=O) groups is 1. The third-order valence-electron chi connectivity index (χ3n) is 2.54. The summed E-state index contributed by atoms with van der Waals surface area (Å²) < 4.78 is 0.776. The van der Waals surface area contributed by atoms with Gasteiger partial charge in [-0.05, 0) is 40.8 Å². The Morgan fingerprint density at radius 1 is 1.56 bits per heavy atom. The zero-order valence-corrected chi connectivity index (χ0v) is 12.5. The molecule has 18 heavy (non-hydrogen) atoms. The summed E-state index contributed by atoms with van der Waals surface area (Å²) in [6.45, 7) is 6.30. The second-order valence-electron chi connectivity index (χ2n) is 5.29. The van der Waals surface area contributed by atoms with E-state index in [1.54, 1.807) is 19.2 Å². The van der Waals surface area contributed by atoms with Crippen molar-refractivity contribution in [2.24, 2.45) is 5.41 Å². The summed E-state index contributed by atoms with van der Waals surface area (Å²) in [7, 11) is 0. The molecule has 0 radical (unpaired) electrons. The number of hydrogen-bond donors (Lipinski definition) is 2. The number of pyridine rings is 1. The number of aliphatic hydroxyl groups excluding tert-OH is 1. The van der Waals surface area contributed by atoms with E-state index in [2.05, 4.69) is 26.2 Å². The van der Waals surface area contributed by atoms with E-state index in [1.807, 2.05) is 13.8 Å². The van der Waals surface area contributed by atoms with Crippen LogP contribution in [0.2, 0.25) is 0 Å². The normalized spacial score (nSPS) is 13.2. The highest BCUT2D eigenvalue weighted by Crippen LogP contribution is 2.21. The van der Waals surface area contributed by atoms with E-state index in [9.17, 15) is 9.90 Å². The fraction of sp³-hybridized carbons (Fsp3) is 0.538. The van der Waals surface area contributed by atoms with E-state index in [4.69, 9.17) is 0 Å². The molecule has 1 aromatic heterocycles. The molecule has 0 aliphatic carbocycles. The van der Waals surface area contributed by atoms with Gasteiger partial charge in [0.15, 0.2) is 0 Å². The molecule has 0 aliphatic rings.